The SMILES string of the molecule is CCCNC(=O)CN(C)C(=O)CN(C)S(=O)(=O)c1ccc(Br)cc1. The Morgan fingerprint density at radius 3 is 2.25 bits per heavy atom. The number of nitrogens with one attached hydrogen (secondary N) is 1. The molecular formula is C15H22BrN3O4S. The van der Waals surface area contributed by atoms with Crippen LogP contribution in [0.2, 0.25) is 0 Å². The molecule has 24 heavy (non-hydrogen) atoms. The Balaban J connectivity index is 2.68. The predicted octanol–water partition coefficient (Wildman–Crippen LogP) is 1.05. The van der Waals surface area contributed by atoms with Crippen molar-refractivity contribution >= 4 is 37.8 Å². The van der Waals surface area contributed by atoms with Gasteiger partial charge in [-0.2, -0.15) is 4.31 Å². The van der Waals surface area contributed by atoms with Crippen LogP contribution in [-0.2, 0) is 19.6 Å². The molecule has 0 saturated carbocycles. The largest absolute Gasteiger partial charge is 0.355 e. The van der Waals surface area contributed by atoms with E-state index in [1.165, 1.54) is 31.1 Å². The Bertz CT molecular complexity index is 676. The fraction of sp³-hybridized carbons (Fsp3) is 0.467. The van der Waals surface area contributed by atoms with Gasteiger partial charge in [-0.15, -0.1) is 0 Å². The lowest BCUT2D eigenvalue weighted by atomic mass is 10.4. The molecule has 2 amide bonds. The van der Waals surface area contributed by atoms with E-state index in [4.69, 9.17) is 0 Å². The van der Waals surface area contributed by atoms with Gasteiger partial charge in [-0.05, 0) is 30.7 Å². The first kappa shape index (κ1) is 20.6. The smallest absolute Gasteiger partial charge is 0.243 e. The molecule has 7 nitrogen and oxygen atoms in total. The van der Waals surface area contributed by atoms with E-state index in [9.17, 15) is 18.0 Å². The standard InChI is InChI=1S/C15H22BrN3O4S/c1-4-9-17-14(20)10-18(2)15(21)11-19(3)24(22,23)13-7-5-12(16)6-8-13/h5-8H,4,9-11H2,1-3H3,(H,17,20). The highest BCUT2D eigenvalue weighted by molar-refractivity contribution is 9.10. The van der Waals surface area contributed by atoms with E-state index in [0.717, 1.165) is 15.2 Å². The summed E-state index contributed by atoms with van der Waals surface area (Å²) in [5.74, 6) is -0.726. The van der Waals surface area contributed by atoms with Gasteiger partial charge in [0.2, 0.25) is 21.8 Å². The molecule has 0 saturated heterocycles. The van der Waals surface area contributed by atoms with Crippen molar-refractivity contribution in [2.24, 2.45) is 0 Å². The lowest BCUT2D eigenvalue weighted by Crippen LogP contribution is -2.43. The Kier molecular flexibility index (Phi) is 7.85. The number of nitrogens with zero attached hydrogens (tertiary/aromatic N) is 2. The Morgan fingerprint density at radius 1 is 1.12 bits per heavy atom. The van der Waals surface area contributed by atoms with Crippen molar-refractivity contribution in [2.75, 3.05) is 33.7 Å². The van der Waals surface area contributed by atoms with E-state index in [0.29, 0.717) is 6.54 Å². The number of hydrogen-bond acceptors (Lipinski definition) is 4. The molecule has 1 aromatic rings. The summed E-state index contributed by atoms with van der Waals surface area (Å²) in [5, 5.41) is 2.66. The lowest BCUT2D eigenvalue weighted by molar-refractivity contribution is -0.134. The van der Waals surface area contributed by atoms with Gasteiger partial charge in [-0.3, -0.25) is 9.59 Å². The topological polar surface area (TPSA) is 86.8 Å². The van der Waals surface area contributed by atoms with Gasteiger partial charge >= 0.3 is 0 Å². The molecule has 0 spiro atoms. The average Bonchev–Trinajstić information content (AvgIpc) is 2.53. The van der Waals surface area contributed by atoms with Crippen LogP contribution in [0.5, 0.6) is 0 Å². The number of amides is 2. The van der Waals surface area contributed by atoms with Crippen molar-refractivity contribution in [3.05, 3.63) is 28.7 Å². The first-order chi connectivity index (χ1) is 11.2. The van der Waals surface area contributed by atoms with Gasteiger partial charge < -0.3 is 10.2 Å². The predicted molar refractivity (Wildman–Crippen MR) is 94.9 cm³/mol. The molecular weight excluding hydrogens is 398 g/mol. The Labute approximate surface area is 151 Å². The third-order valence-electron chi connectivity index (χ3n) is 3.26. The molecule has 0 heterocycles. The zero-order valence-corrected chi connectivity index (χ0v) is 16.4. The third-order valence-corrected chi connectivity index (χ3v) is 5.60. The van der Waals surface area contributed by atoms with Gasteiger partial charge in [0.25, 0.3) is 0 Å². The summed E-state index contributed by atoms with van der Waals surface area (Å²) in [4.78, 5) is 25.0. The fourth-order valence-electron chi connectivity index (χ4n) is 1.81. The van der Waals surface area contributed by atoms with Crippen LogP contribution >= 0.6 is 15.9 Å². The monoisotopic (exact) mass is 419 g/mol. The number of halogens is 1. The molecule has 0 bridgehead atoms. The maximum atomic E-state index is 12.4. The molecule has 0 fully saturated rings. The summed E-state index contributed by atoms with van der Waals surface area (Å²) in [6.45, 7) is 2.02. The van der Waals surface area contributed by atoms with Crippen molar-refractivity contribution in [2.45, 2.75) is 18.2 Å². The van der Waals surface area contributed by atoms with Crippen LogP contribution in [0, 0.1) is 0 Å². The summed E-state index contributed by atoms with van der Waals surface area (Å²) in [5.41, 5.74) is 0. The minimum atomic E-state index is -3.76. The lowest BCUT2D eigenvalue weighted by Gasteiger charge is -2.21. The van der Waals surface area contributed by atoms with Crippen LogP contribution in [0.25, 0.3) is 0 Å². The molecule has 134 valence electrons. The molecule has 1 aromatic carbocycles. The summed E-state index contributed by atoms with van der Waals surface area (Å²) in [6, 6.07) is 6.16. The second kappa shape index (κ2) is 9.14. The second-order valence-corrected chi connectivity index (χ2v) is 8.28. The number of rotatable bonds is 8. The molecule has 0 aliphatic rings. The molecule has 0 aromatic heterocycles. The van der Waals surface area contributed by atoms with E-state index in [1.54, 1.807) is 12.1 Å². The number of carbonyl (C=O) groups is 2. The summed E-state index contributed by atoms with van der Waals surface area (Å²) in [7, 11) is -0.963. The third kappa shape index (κ3) is 5.88. The van der Waals surface area contributed by atoms with Gasteiger partial charge in [-0.1, -0.05) is 22.9 Å². The van der Waals surface area contributed by atoms with Crippen molar-refractivity contribution in [1.29, 1.82) is 0 Å². The van der Waals surface area contributed by atoms with E-state index >= 15 is 0 Å². The van der Waals surface area contributed by atoms with E-state index in [-0.39, 0.29) is 23.9 Å². The fourth-order valence-corrected chi connectivity index (χ4v) is 3.19. The molecule has 0 radical (unpaired) electrons. The average molecular weight is 420 g/mol. The number of hydrogen-bond donors (Lipinski definition) is 1. The highest BCUT2D eigenvalue weighted by Gasteiger charge is 2.24. The van der Waals surface area contributed by atoms with Gasteiger partial charge in [0, 0.05) is 25.1 Å². The van der Waals surface area contributed by atoms with E-state index < -0.39 is 15.9 Å². The highest BCUT2D eigenvalue weighted by Crippen LogP contribution is 2.17. The van der Waals surface area contributed by atoms with Crippen LogP contribution in [0.1, 0.15) is 13.3 Å². The molecule has 1 rings (SSSR count). The van der Waals surface area contributed by atoms with Crippen LogP contribution in [0.4, 0.5) is 0 Å². The highest BCUT2D eigenvalue weighted by atomic mass is 79.9. The number of carbonyl (C=O) groups excluding carboxylic acids is 2. The summed E-state index contributed by atoms with van der Waals surface area (Å²) < 4.78 is 26.6. The molecule has 1 N–H and O–H groups in total. The quantitative estimate of drug-likeness (QED) is 0.682. The number of likely N-dealkylation sites (N-methyl/N-ethyl adjacent to an activating group) is 2. The van der Waals surface area contributed by atoms with Crippen molar-refractivity contribution in [1.82, 2.24) is 14.5 Å². The zero-order valence-electron chi connectivity index (χ0n) is 14.0. The van der Waals surface area contributed by atoms with Crippen molar-refractivity contribution < 1.29 is 18.0 Å². The van der Waals surface area contributed by atoms with Crippen LogP contribution < -0.4 is 5.32 Å². The molecule has 9 heteroatoms. The minimum Gasteiger partial charge on any atom is -0.355 e. The normalized spacial score (nSPS) is 11.4. The summed E-state index contributed by atoms with van der Waals surface area (Å²) in [6.07, 6.45) is 0.803. The minimum absolute atomic E-state index is 0.101. The molecule has 0 aliphatic heterocycles. The molecule has 0 atom stereocenters. The molecule has 0 aliphatic carbocycles. The van der Waals surface area contributed by atoms with Crippen molar-refractivity contribution in [3.8, 4) is 0 Å². The van der Waals surface area contributed by atoms with Crippen LogP contribution in [-0.4, -0.2) is 63.2 Å². The zero-order chi connectivity index (χ0) is 18.3. The maximum Gasteiger partial charge on any atom is 0.243 e. The Hall–Kier alpha value is -1.45. The molecule has 0 unspecified atom stereocenters. The van der Waals surface area contributed by atoms with E-state index in [2.05, 4.69) is 21.2 Å². The first-order valence-electron chi connectivity index (χ1n) is 7.41. The van der Waals surface area contributed by atoms with Gasteiger partial charge in [0.05, 0.1) is 18.0 Å². The van der Waals surface area contributed by atoms with Gasteiger partial charge in [0.1, 0.15) is 0 Å². The maximum absolute atomic E-state index is 12.4. The van der Waals surface area contributed by atoms with Gasteiger partial charge in [0.15, 0.2) is 0 Å². The first-order valence-corrected chi connectivity index (χ1v) is 9.64. The van der Waals surface area contributed by atoms with Crippen LogP contribution in [0.3, 0.4) is 0 Å². The summed E-state index contributed by atoms with van der Waals surface area (Å²) >= 11 is 3.24. The van der Waals surface area contributed by atoms with Crippen LogP contribution in [0.15, 0.2) is 33.6 Å². The van der Waals surface area contributed by atoms with E-state index in [1.807, 2.05) is 6.92 Å². The van der Waals surface area contributed by atoms with Crippen molar-refractivity contribution in [3.63, 3.8) is 0 Å². The number of sulfonamides is 1. The second-order valence-electron chi connectivity index (χ2n) is 5.31. The Morgan fingerprint density at radius 2 is 1.71 bits per heavy atom. The van der Waals surface area contributed by atoms with Gasteiger partial charge in [-0.25, -0.2) is 8.42 Å². The number of benzene rings is 1.